The van der Waals surface area contributed by atoms with E-state index in [2.05, 4.69) is 0 Å². The van der Waals surface area contributed by atoms with Crippen molar-refractivity contribution in [1.82, 2.24) is 0 Å². The third-order valence-electron chi connectivity index (χ3n) is 4.65. The average molecular weight is 308 g/mol. The van der Waals surface area contributed by atoms with Crippen LogP contribution in [0.5, 0.6) is 0 Å². The summed E-state index contributed by atoms with van der Waals surface area (Å²) in [5.41, 5.74) is 7.94. The van der Waals surface area contributed by atoms with Gasteiger partial charge in [-0.3, -0.25) is 4.31 Å². The molecule has 0 saturated heterocycles. The topological polar surface area (TPSA) is 63.4 Å². The van der Waals surface area contributed by atoms with E-state index in [0.717, 1.165) is 43.4 Å². The van der Waals surface area contributed by atoms with Crippen LogP contribution in [-0.4, -0.2) is 26.8 Å². The monoisotopic (exact) mass is 308 g/mol. The molecule has 3 rings (SSSR count). The van der Waals surface area contributed by atoms with Crippen LogP contribution in [0.2, 0.25) is 0 Å². The number of sulfonamides is 1. The Hall–Kier alpha value is -1.07. The molecule has 1 atom stereocenters. The highest BCUT2D eigenvalue weighted by atomic mass is 32.2. The van der Waals surface area contributed by atoms with Crippen LogP contribution in [-0.2, 0) is 16.4 Å². The minimum Gasteiger partial charge on any atom is -0.326 e. The van der Waals surface area contributed by atoms with Crippen LogP contribution in [0.15, 0.2) is 24.3 Å². The SMILES string of the molecule is NC1Cc2ccccc2N(S(=O)(=O)CC2CCCCC2)C1. The summed E-state index contributed by atoms with van der Waals surface area (Å²) >= 11 is 0. The lowest BCUT2D eigenvalue weighted by Gasteiger charge is -2.35. The normalized spacial score (nSPS) is 23.9. The third kappa shape index (κ3) is 3.24. The number of hydrogen-bond acceptors (Lipinski definition) is 3. The van der Waals surface area contributed by atoms with Crippen LogP contribution < -0.4 is 10.0 Å². The molecule has 1 unspecified atom stereocenters. The second-order valence-corrected chi connectivity index (χ2v) is 8.34. The van der Waals surface area contributed by atoms with Gasteiger partial charge in [-0.05, 0) is 36.8 Å². The van der Waals surface area contributed by atoms with E-state index in [-0.39, 0.29) is 11.8 Å². The Bertz CT molecular complexity index is 594. The van der Waals surface area contributed by atoms with Crippen molar-refractivity contribution in [3.05, 3.63) is 29.8 Å². The minimum atomic E-state index is -3.28. The van der Waals surface area contributed by atoms with E-state index in [0.29, 0.717) is 12.5 Å². The van der Waals surface area contributed by atoms with Crippen molar-refractivity contribution >= 4 is 15.7 Å². The van der Waals surface area contributed by atoms with Gasteiger partial charge >= 0.3 is 0 Å². The molecule has 1 aliphatic heterocycles. The zero-order valence-electron chi connectivity index (χ0n) is 12.4. The van der Waals surface area contributed by atoms with Gasteiger partial charge in [-0.15, -0.1) is 0 Å². The standard InChI is InChI=1S/C16H24N2O2S/c17-15-10-14-8-4-5-9-16(14)18(11-15)21(19,20)12-13-6-2-1-3-7-13/h4-5,8-9,13,15H,1-3,6-7,10-12,17H2. The Morgan fingerprint density at radius 2 is 1.86 bits per heavy atom. The Morgan fingerprint density at radius 1 is 1.14 bits per heavy atom. The Balaban J connectivity index is 1.84. The summed E-state index contributed by atoms with van der Waals surface area (Å²) in [5, 5.41) is 0. The number of nitrogens with two attached hydrogens (primary N) is 1. The molecule has 1 aromatic carbocycles. The zero-order chi connectivity index (χ0) is 14.9. The molecule has 1 fully saturated rings. The maximum Gasteiger partial charge on any atom is 0.235 e. The Kier molecular flexibility index (Phi) is 4.22. The van der Waals surface area contributed by atoms with E-state index in [4.69, 9.17) is 5.73 Å². The highest BCUT2D eigenvalue weighted by Crippen LogP contribution is 2.31. The number of anilines is 1. The van der Waals surface area contributed by atoms with Gasteiger partial charge in [-0.25, -0.2) is 8.42 Å². The molecule has 0 bridgehead atoms. The van der Waals surface area contributed by atoms with Crippen molar-refractivity contribution in [2.45, 2.75) is 44.6 Å². The predicted molar refractivity (Wildman–Crippen MR) is 85.8 cm³/mol. The maximum atomic E-state index is 12.8. The van der Waals surface area contributed by atoms with Crippen LogP contribution in [0.4, 0.5) is 5.69 Å². The second-order valence-electron chi connectivity index (χ2n) is 6.41. The van der Waals surface area contributed by atoms with Gasteiger partial charge in [0.2, 0.25) is 10.0 Å². The summed E-state index contributed by atoms with van der Waals surface area (Å²) in [6.45, 7) is 0.409. The lowest BCUT2D eigenvalue weighted by atomic mass is 9.91. The van der Waals surface area contributed by atoms with Crippen LogP contribution in [0, 0.1) is 5.92 Å². The lowest BCUT2D eigenvalue weighted by molar-refractivity contribution is 0.384. The van der Waals surface area contributed by atoms with Gasteiger partial charge in [0.15, 0.2) is 0 Å². The average Bonchev–Trinajstić information content (AvgIpc) is 2.47. The van der Waals surface area contributed by atoms with Gasteiger partial charge in [0.05, 0.1) is 11.4 Å². The van der Waals surface area contributed by atoms with Gasteiger partial charge in [0, 0.05) is 12.6 Å². The quantitative estimate of drug-likeness (QED) is 0.932. The van der Waals surface area contributed by atoms with Crippen LogP contribution in [0.25, 0.3) is 0 Å². The summed E-state index contributed by atoms with van der Waals surface area (Å²) in [6, 6.07) is 7.62. The van der Waals surface area contributed by atoms with E-state index in [1.54, 1.807) is 4.31 Å². The Morgan fingerprint density at radius 3 is 2.62 bits per heavy atom. The molecule has 21 heavy (non-hydrogen) atoms. The van der Waals surface area contributed by atoms with Crippen LogP contribution in [0.3, 0.4) is 0 Å². The number of rotatable bonds is 3. The fourth-order valence-electron chi connectivity index (χ4n) is 3.59. The van der Waals surface area contributed by atoms with Crippen LogP contribution >= 0.6 is 0 Å². The minimum absolute atomic E-state index is 0.110. The molecule has 0 aromatic heterocycles. The first kappa shape index (κ1) is 14.9. The van der Waals surface area contributed by atoms with Gasteiger partial charge < -0.3 is 5.73 Å². The van der Waals surface area contributed by atoms with Gasteiger partial charge in [-0.1, -0.05) is 37.5 Å². The largest absolute Gasteiger partial charge is 0.326 e. The summed E-state index contributed by atoms with van der Waals surface area (Å²) in [4.78, 5) is 0. The maximum absolute atomic E-state index is 12.8. The molecule has 5 heteroatoms. The molecule has 2 N–H and O–H groups in total. The van der Waals surface area contributed by atoms with Gasteiger partial charge in [0.1, 0.15) is 0 Å². The predicted octanol–water partition coefficient (Wildman–Crippen LogP) is 2.29. The summed E-state index contributed by atoms with van der Waals surface area (Å²) in [7, 11) is -3.28. The van der Waals surface area contributed by atoms with Crippen molar-refractivity contribution in [1.29, 1.82) is 0 Å². The summed E-state index contributed by atoms with van der Waals surface area (Å²) in [6.07, 6.45) is 6.41. The number of benzene rings is 1. The highest BCUT2D eigenvalue weighted by molar-refractivity contribution is 7.92. The first-order valence-electron chi connectivity index (χ1n) is 7.90. The molecular formula is C16H24N2O2S. The fourth-order valence-corrected chi connectivity index (χ4v) is 5.60. The fraction of sp³-hybridized carbons (Fsp3) is 0.625. The number of para-hydroxylation sites is 1. The zero-order valence-corrected chi connectivity index (χ0v) is 13.2. The first-order valence-corrected chi connectivity index (χ1v) is 9.51. The molecule has 116 valence electrons. The Labute approximate surface area is 127 Å². The lowest BCUT2D eigenvalue weighted by Crippen LogP contribution is -2.47. The van der Waals surface area contributed by atoms with Gasteiger partial charge in [-0.2, -0.15) is 0 Å². The highest BCUT2D eigenvalue weighted by Gasteiger charge is 2.32. The third-order valence-corrected chi connectivity index (χ3v) is 6.56. The van der Waals surface area contributed by atoms with Crippen molar-refractivity contribution in [2.75, 3.05) is 16.6 Å². The molecule has 0 spiro atoms. The molecule has 1 aromatic rings. The molecule has 1 saturated carbocycles. The number of hydrogen-bond donors (Lipinski definition) is 1. The summed E-state index contributed by atoms with van der Waals surface area (Å²) < 4.78 is 27.2. The summed E-state index contributed by atoms with van der Waals surface area (Å²) in [5.74, 6) is 0.586. The molecular weight excluding hydrogens is 284 g/mol. The number of fused-ring (bicyclic) bond motifs is 1. The van der Waals surface area contributed by atoms with Crippen molar-refractivity contribution in [2.24, 2.45) is 11.7 Å². The van der Waals surface area contributed by atoms with Gasteiger partial charge in [0.25, 0.3) is 0 Å². The number of nitrogens with zero attached hydrogens (tertiary/aromatic N) is 1. The van der Waals surface area contributed by atoms with E-state index < -0.39 is 10.0 Å². The molecule has 0 radical (unpaired) electrons. The van der Waals surface area contributed by atoms with E-state index in [1.807, 2.05) is 24.3 Å². The van der Waals surface area contributed by atoms with Crippen LogP contribution in [0.1, 0.15) is 37.7 Å². The van der Waals surface area contributed by atoms with E-state index >= 15 is 0 Å². The first-order chi connectivity index (χ1) is 10.1. The van der Waals surface area contributed by atoms with Crippen molar-refractivity contribution in [3.63, 3.8) is 0 Å². The van der Waals surface area contributed by atoms with E-state index in [1.165, 1.54) is 6.42 Å². The van der Waals surface area contributed by atoms with Crippen molar-refractivity contribution in [3.8, 4) is 0 Å². The molecule has 1 aliphatic carbocycles. The smallest absolute Gasteiger partial charge is 0.235 e. The molecule has 1 heterocycles. The molecule has 0 amide bonds. The second kappa shape index (κ2) is 5.97. The molecule has 2 aliphatic rings. The van der Waals surface area contributed by atoms with E-state index in [9.17, 15) is 8.42 Å². The molecule has 4 nitrogen and oxygen atoms in total. The van der Waals surface area contributed by atoms with Crippen molar-refractivity contribution < 1.29 is 8.42 Å².